The molecule has 0 saturated carbocycles. The minimum absolute atomic E-state index is 0.0570. The highest BCUT2D eigenvalue weighted by atomic mass is 19.1. The summed E-state index contributed by atoms with van der Waals surface area (Å²) in [6, 6.07) is 10.5. The summed E-state index contributed by atoms with van der Waals surface area (Å²) in [4.78, 5) is 12.5. The zero-order valence-electron chi connectivity index (χ0n) is 11.5. The average molecular weight is 291 g/mol. The Balaban J connectivity index is 2.27. The van der Waals surface area contributed by atoms with Crippen LogP contribution in [0.2, 0.25) is 0 Å². The molecule has 0 amide bonds. The van der Waals surface area contributed by atoms with E-state index in [1.807, 2.05) is 19.1 Å². The first-order valence-corrected chi connectivity index (χ1v) is 6.43. The Bertz CT molecular complexity index is 641. The number of rotatable bonds is 5. The second-order valence-corrected chi connectivity index (χ2v) is 4.82. The minimum Gasteiger partial charge on any atom is -0.480 e. The molecule has 0 spiro atoms. The molecule has 2 aromatic rings. The molecule has 0 heterocycles. The number of halogens is 2. The predicted octanol–water partition coefficient (Wildman–Crippen LogP) is 3.36. The van der Waals surface area contributed by atoms with Crippen LogP contribution in [0.25, 0.3) is 0 Å². The first-order chi connectivity index (χ1) is 9.95. The lowest BCUT2D eigenvalue weighted by Crippen LogP contribution is -2.29. The first-order valence-electron chi connectivity index (χ1n) is 6.43. The smallest absolute Gasteiger partial charge is 0.323 e. The summed E-state index contributed by atoms with van der Waals surface area (Å²) in [7, 11) is 0. The van der Waals surface area contributed by atoms with Crippen LogP contribution in [0, 0.1) is 18.6 Å². The van der Waals surface area contributed by atoms with Crippen molar-refractivity contribution < 1.29 is 18.7 Å². The third kappa shape index (κ3) is 4.02. The van der Waals surface area contributed by atoms with Crippen LogP contribution >= 0.6 is 0 Å². The molecule has 21 heavy (non-hydrogen) atoms. The molecule has 2 rings (SSSR count). The number of aliphatic carboxylic acids is 1. The van der Waals surface area contributed by atoms with E-state index in [2.05, 4.69) is 0 Å². The van der Waals surface area contributed by atoms with Gasteiger partial charge in [-0.15, -0.1) is 0 Å². The highest BCUT2D eigenvalue weighted by Gasteiger charge is 2.14. The lowest BCUT2D eigenvalue weighted by Gasteiger charge is -2.23. The Hall–Kier alpha value is -2.43. The molecule has 0 aliphatic rings. The molecular weight excluding hydrogens is 276 g/mol. The number of benzene rings is 2. The highest BCUT2D eigenvalue weighted by Crippen LogP contribution is 2.19. The Morgan fingerprint density at radius 3 is 2.38 bits per heavy atom. The molecule has 2 aromatic carbocycles. The fourth-order valence-electron chi connectivity index (χ4n) is 2.01. The van der Waals surface area contributed by atoms with Crippen LogP contribution in [0.1, 0.15) is 11.1 Å². The van der Waals surface area contributed by atoms with Gasteiger partial charge in [0.25, 0.3) is 0 Å². The Morgan fingerprint density at radius 2 is 1.81 bits per heavy atom. The second-order valence-electron chi connectivity index (χ2n) is 4.82. The number of nitrogens with zero attached hydrogens (tertiary/aromatic N) is 1. The van der Waals surface area contributed by atoms with Gasteiger partial charge in [0, 0.05) is 23.9 Å². The third-order valence-corrected chi connectivity index (χ3v) is 3.10. The summed E-state index contributed by atoms with van der Waals surface area (Å²) in [5.41, 5.74) is 1.96. The number of anilines is 1. The molecule has 1 N–H and O–H groups in total. The largest absolute Gasteiger partial charge is 0.480 e. The van der Waals surface area contributed by atoms with Crippen LogP contribution in [-0.4, -0.2) is 17.6 Å². The Labute approximate surface area is 121 Å². The van der Waals surface area contributed by atoms with Crippen molar-refractivity contribution in [3.63, 3.8) is 0 Å². The van der Waals surface area contributed by atoms with Gasteiger partial charge in [0.1, 0.15) is 18.2 Å². The molecule has 0 radical (unpaired) electrons. The molecule has 0 bridgehead atoms. The van der Waals surface area contributed by atoms with Gasteiger partial charge in [0.2, 0.25) is 0 Å². The van der Waals surface area contributed by atoms with Crippen molar-refractivity contribution in [2.24, 2.45) is 0 Å². The van der Waals surface area contributed by atoms with E-state index in [4.69, 9.17) is 5.11 Å². The third-order valence-electron chi connectivity index (χ3n) is 3.10. The SMILES string of the molecule is Cc1ccc(N(CC(=O)O)Cc2ccc(F)cc2F)cc1. The molecular formula is C16H15F2NO2. The van der Waals surface area contributed by atoms with Crippen molar-refractivity contribution in [1.29, 1.82) is 0 Å². The maximum Gasteiger partial charge on any atom is 0.323 e. The second kappa shape index (κ2) is 6.35. The van der Waals surface area contributed by atoms with E-state index in [0.29, 0.717) is 5.69 Å². The molecule has 0 aliphatic carbocycles. The van der Waals surface area contributed by atoms with Gasteiger partial charge in [-0.3, -0.25) is 4.79 Å². The van der Waals surface area contributed by atoms with Crippen molar-refractivity contribution in [3.05, 3.63) is 65.2 Å². The molecule has 0 atom stereocenters. The van der Waals surface area contributed by atoms with E-state index in [-0.39, 0.29) is 18.7 Å². The topological polar surface area (TPSA) is 40.5 Å². The summed E-state index contributed by atoms with van der Waals surface area (Å²) < 4.78 is 26.6. The standard InChI is InChI=1S/C16H15F2NO2/c1-11-2-6-14(7-3-11)19(10-16(20)21)9-12-4-5-13(17)8-15(12)18/h2-8H,9-10H2,1H3,(H,20,21). The normalized spacial score (nSPS) is 10.4. The zero-order valence-corrected chi connectivity index (χ0v) is 11.5. The van der Waals surface area contributed by atoms with E-state index in [0.717, 1.165) is 17.7 Å². The molecule has 5 heteroatoms. The van der Waals surface area contributed by atoms with Crippen LogP contribution in [0.5, 0.6) is 0 Å². The van der Waals surface area contributed by atoms with Gasteiger partial charge < -0.3 is 10.0 Å². The van der Waals surface area contributed by atoms with Gasteiger partial charge in [-0.25, -0.2) is 8.78 Å². The Morgan fingerprint density at radius 1 is 1.14 bits per heavy atom. The van der Waals surface area contributed by atoms with Crippen LogP contribution in [-0.2, 0) is 11.3 Å². The summed E-state index contributed by atoms with van der Waals surface area (Å²) in [5, 5.41) is 9.00. The van der Waals surface area contributed by atoms with Gasteiger partial charge in [0.15, 0.2) is 0 Å². The summed E-state index contributed by atoms with van der Waals surface area (Å²) in [6.07, 6.45) is 0. The number of carboxylic acid groups (broad SMARTS) is 1. The fourth-order valence-corrected chi connectivity index (χ4v) is 2.01. The number of carboxylic acids is 1. The molecule has 0 aromatic heterocycles. The van der Waals surface area contributed by atoms with E-state index in [1.54, 1.807) is 12.1 Å². The molecule has 3 nitrogen and oxygen atoms in total. The van der Waals surface area contributed by atoms with Gasteiger partial charge in [-0.2, -0.15) is 0 Å². The summed E-state index contributed by atoms with van der Waals surface area (Å²) in [6.45, 7) is 1.71. The quantitative estimate of drug-likeness (QED) is 0.918. The fraction of sp³-hybridized carbons (Fsp3) is 0.188. The first kappa shape index (κ1) is 15.0. The monoisotopic (exact) mass is 291 g/mol. The van der Waals surface area contributed by atoms with Gasteiger partial charge in [0.05, 0.1) is 0 Å². The van der Waals surface area contributed by atoms with Crippen molar-refractivity contribution >= 4 is 11.7 Å². The maximum atomic E-state index is 13.7. The van der Waals surface area contributed by atoms with Crippen molar-refractivity contribution in [1.82, 2.24) is 0 Å². The average Bonchev–Trinajstić information content (AvgIpc) is 2.41. The number of hydrogen-bond acceptors (Lipinski definition) is 2. The van der Waals surface area contributed by atoms with Crippen LogP contribution in [0.15, 0.2) is 42.5 Å². The highest BCUT2D eigenvalue weighted by molar-refractivity contribution is 5.73. The van der Waals surface area contributed by atoms with Gasteiger partial charge >= 0.3 is 5.97 Å². The summed E-state index contributed by atoms with van der Waals surface area (Å²) >= 11 is 0. The van der Waals surface area contributed by atoms with Crippen molar-refractivity contribution in [2.45, 2.75) is 13.5 Å². The predicted molar refractivity (Wildman–Crippen MR) is 76.2 cm³/mol. The molecule has 0 unspecified atom stereocenters. The van der Waals surface area contributed by atoms with Gasteiger partial charge in [-0.1, -0.05) is 23.8 Å². The molecule has 110 valence electrons. The Kier molecular flexibility index (Phi) is 4.52. The molecule has 0 aliphatic heterocycles. The number of hydrogen-bond donors (Lipinski definition) is 1. The molecule has 0 fully saturated rings. The van der Waals surface area contributed by atoms with Gasteiger partial charge in [-0.05, 0) is 25.1 Å². The molecule has 0 saturated heterocycles. The van der Waals surface area contributed by atoms with Crippen LogP contribution < -0.4 is 4.90 Å². The van der Waals surface area contributed by atoms with E-state index < -0.39 is 17.6 Å². The van der Waals surface area contributed by atoms with Crippen molar-refractivity contribution in [3.8, 4) is 0 Å². The van der Waals surface area contributed by atoms with Crippen LogP contribution in [0.3, 0.4) is 0 Å². The van der Waals surface area contributed by atoms with E-state index >= 15 is 0 Å². The van der Waals surface area contributed by atoms with Crippen molar-refractivity contribution in [2.75, 3.05) is 11.4 Å². The summed E-state index contributed by atoms with van der Waals surface area (Å²) in [5.74, 6) is -2.35. The number of carbonyl (C=O) groups is 1. The zero-order chi connectivity index (χ0) is 15.4. The lowest BCUT2D eigenvalue weighted by atomic mass is 10.1. The number of aryl methyl sites for hydroxylation is 1. The van der Waals surface area contributed by atoms with E-state index in [1.165, 1.54) is 11.0 Å². The van der Waals surface area contributed by atoms with Crippen LogP contribution in [0.4, 0.5) is 14.5 Å². The van der Waals surface area contributed by atoms with E-state index in [9.17, 15) is 13.6 Å². The maximum absolute atomic E-state index is 13.7. The minimum atomic E-state index is -1.02. The lowest BCUT2D eigenvalue weighted by molar-refractivity contribution is -0.135.